The minimum Gasteiger partial charge on any atom is -0.339 e. The molecule has 2 aliphatic heterocycles. The van der Waals surface area contributed by atoms with Crippen LogP contribution in [0.3, 0.4) is 0 Å². The number of carbonyl (C=O) groups excluding carboxylic acids is 2. The van der Waals surface area contributed by atoms with Crippen molar-refractivity contribution in [3.8, 4) is 0 Å². The van der Waals surface area contributed by atoms with Crippen molar-refractivity contribution in [2.45, 2.75) is 17.7 Å². The summed E-state index contributed by atoms with van der Waals surface area (Å²) in [6.45, 7) is 1.75. The summed E-state index contributed by atoms with van der Waals surface area (Å²) in [7, 11) is -3.63. The van der Waals surface area contributed by atoms with Gasteiger partial charge in [0.05, 0.1) is 0 Å². The lowest BCUT2D eigenvalue weighted by atomic mass is 9.96. The molecule has 2 fully saturated rings. The highest BCUT2D eigenvalue weighted by atomic mass is 32.2. The lowest BCUT2D eigenvalue weighted by molar-refractivity contribution is -0.138. The van der Waals surface area contributed by atoms with Crippen LogP contribution in [0, 0.1) is 17.6 Å². The number of amides is 2. The maximum atomic E-state index is 13.4. The maximum Gasteiger partial charge on any atom is 0.254 e. The molecule has 2 aromatic rings. The molecule has 1 aromatic heterocycles. The SMILES string of the molecule is O=C(c1ccc(F)c(F)c1)N1CCN(C(=O)C2CCN(S(=O)(=O)c3cccnc3)CC2)CC1. The molecule has 8 nitrogen and oxygen atoms in total. The topological polar surface area (TPSA) is 90.9 Å². The number of benzene rings is 1. The second kappa shape index (κ2) is 9.52. The van der Waals surface area contributed by atoms with Crippen LogP contribution in [0.25, 0.3) is 0 Å². The van der Waals surface area contributed by atoms with Crippen molar-refractivity contribution < 1.29 is 26.8 Å². The maximum absolute atomic E-state index is 13.4. The van der Waals surface area contributed by atoms with E-state index in [1.165, 1.54) is 33.7 Å². The van der Waals surface area contributed by atoms with Crippen molar-refractivity contribution in [3.05, 3.63) is 59.9 Å². The standard InChI is InChI=1S/C22H24F2N4O4S/c23-19-4-3-17(14-20(19)24)22(30)27-12-10-26(11-13-27)21(29)16-5-8-28(9-6-16)33(31,32)18-2-1-7-25-15-18/h1-4,7,14-16H,5-6,8-13H2. The lowest BCUT2D eigenvalue weighted by Gasteiger charge is -2.38. The van der Waals surface area contributed by atoms with Gasteiger partial charge < -0.3 is 9.80 Å². The van der Waals surface area contributed by atoms with Crippen LogP contribution in [0.4, 0.5) is 8.78 Å². The van der Waals surface area contributed by atoms with E-state index < -0.39 is 27.6 Å². The third-order valence-electron chi connectivity index (χ3n) is 6.12. The molecule has 11 heteroatoms. The summed E-state index contributed by atoms with van der Waals surface area (Å²) in [5, 5.41) is 0. The zero-order chi connectivity index (χ0) is 23.6. The molecule has 0 atom stereocenters. The highest BCUT2D eigenvalue weighted by molar-refractivity contribution is 7.89. The Kier molecular flexibility index (Phi) is 6.71. The van der Waals surface area contributed by atoms with Crippen LogP contribution in [0.2, 0.25) is 0 Å². The van der Waals surface area contributed by atoms with Crippen molar-refractivity contribution in [3.63, 3.8) is 0 Å². The Morgan fingerprint density at radius 2 is 1.58 bits per heavy atom. The molecule has 2 saturated heterocycles. The fourth-order valence-corrected chi connectivity index (χ4v) is 5.63. The second-order valence-corrected chi connectivity index (χ2v) is 10.1. The number of sulfonamides is 1. The molecule has 0 radical (unpaired) electrons. The highest BCUT2D eigenvalue weighted by Crippen LogP contribution is 2.25. The number of rotatable bonds is 4. The Hall–Kier alpha value is -2.92. The number of aromatic nitrogens is 1. The van der Waals surface area contributed by atoms with Gasteiger partial charge in [-0.25, -0.2) is 17.2 Å². The van der Waals surface area contributed by atoms with E-state index in [2.05, 4.69) is 4.98 Å². The van der Waals surface area contributed by atoms with Crippen LogP contribution < -0.4 is 0 Å². The van der Waals surface area contributed by atoms with E-state index in [0.29, 0.717) is 25.9 Å². The zero-order valence-corrected chi connectivity index (χ0v) is 18.7. The molecule has 0 spiro atoms. The first kappa shape index (κ1) is 23.2. The second-order valence-electron chi connectivity index (χ2n) is 8.11. The largest absolute Gasteiger partial charge is 0.339 e. The molecule has 0 aliphatic carbocycles. The van der Waals surface area contributed by atoms with E-state index in [4.69, 9.17) is 0 Å². The molecule has 4 rings (SSSR count). The number of piperidine rings is 1. The molecule has 2 aliphatic rings. The number of nitrogens with zero attached hydrogens (tertiary/aromatic N) is 4. The number of hydrogen-bond donors (Lipinski definition) is 0. The van der Waals surface area contributed by atoms with Crippen LogP contribution in [0.1, 0.15) is 23.2 Å². The first-order valence-electron chi connectivity index (χ1n) is 10.7. The zero-order valence-electron chi connectivity index (χ0n) is 17.9. The van der Waals surface area contributed by atoms with Gasteiger partial charge in [0.25, 0.3) is 5.91 Å². The van der Waals surface area contributed by atoms with Gasteiger partial charge in [-0.15, -0.1) is 0 Å². The molecule has 0 N–H and O–H groups in total. The molecule has 2 amide bonds. The number of halogens is 2. The molecule has 3 heterocycles. The van der Waals surface area contributed by atoms with E-state index >= 15 is 0 Å². The van der Waals surface area contributed by atoms with Gasteiger partial charge in [-0.3, -0.25) is 14.6 Å². The summed E-state index contributed by atoms with van der Waals surface area (Å²) in [5.41, 5.74) is 0.0656. The number of pyridine rings is 1. The minimum atomic E-state index is -3.63. The first-order valence-corrected chi connectivity index (χ1v) is 12.1. The summed E-state index contributed by atoms with van der Waals surface area (Å²) in [5.74, 6) is -2.82. The van der Waals surface area contributed by atoms with Gasteiger partial charge in [-0.2, -0.15) is 4.31 Å². The smallest absolute Gasteiger partial charge is 0.254 e. The van der Waals surface area contributed by atoms with E-state index in [1.807, 2.05) is 0 Å². The van der Waals surface area contributed by atoms with Crippen LogP contribution >= 0.6 is 0 Å². The average Bonchev–Trinajstić information content (AvgIpc) is 2.85. The quantitative estimate of drug-likeness (QED) is 0.668. The summed E-state index contributed by atoms with van der Waals surface area (Å²) in [4.78, 5) is 32.7. The highest BCUT2D eigenvalue weighted by Gasteiger charge is 2.35. The average molecular weight is 479 g/mol. The Bertz CT molecular complexity index is 1130. The Morgan fingerprint density at radius 3 is 2.18 bits per heavy atom. The predicted molar refractivity (Wildman–Crippen MR) is 115 cm³/mol. The first-order chi connectivity index (χ1) is 15.8. The summed E-state index contributed by atoms with van der Waals surface area (Å²) >= 11 is 0. The molecular formula is C22H24F2N4O4S. The number of carbonyl (C=O) groups is 2. The van der Waals surface area contributed by atoms with Crippen LogP contribution in [0.5, 0.6) is 0 Å². The molecule has 0 bridgehead atoms. The van der Waals surface area contributed by atoms with Crippen molar-refractivity contribution in [1.29, 1.82) is 0 Å². The molecular weight excluding hydrogens is 454 g/mol. The third-order valence-corrected chi connectivity index (χ3v) is 8.00. The van der Waals surface area contributed by atoms with E-state index in [9.17, 15) is 26.8 Å². The normalized spacial score (nSPS) is 18.4. The van der Waals surface area contributed by atoms with Gasteiger partial charge >= 0.3 is 0 Å². The Morgan fingerprint density at radius 1 is 0.909 bits per heavy atom. The number of piperazine rings is 1. The lowest BCUT2D eigenvalue weighted by Crippen LogP contribution is -2.53. The van der Waals surface area contributed by atoms with Gasteiger partial charge in [-0.1, -0.05) is 0 Å². The molecule has 33 heavy (non-hydrogen) atoms. The van der Waals surface area contributed by atoms with Gasteiger partial charge in [0.15, 0.2) is 11.6 Å². The van der Waals surface area contributed by atoms with E-state index in [0.717, 1.165) is 12.1 Å². The third kappa shape index (κ3) is 4.88. The van der Waals surface area contributed by atoms with Crippen LogP contribution in [0.15, 0.2) is 47.6 Å². The van der Waals surface area contributed by atoms with Gasteiger partial charge in [0.2, 0.25) is 15.9 Å². The predicted octanol–water partition coefficient (Wildman–Crippen LogP) is 1.75. The van der Waals surface area contributed by atoms with Gasteiger partial charge in [0, 0.05) is 63.1 Å². The Balaban J connectivity index is 1.30. The van der Waals surface area contributed by atoms with Crippen molar-refractivity contribution in [2.24, 2.45) is 5.92 Å². The summed E-state index contributed by atoms with van der Waals surface area (Å²) in [6.07, 6.45) is 3.67. The molecule has 0 saturated carbocycles. The van der Waals surface area contributed by atoms with Gasteiger partial charge in [-0.05, 0) is 43.2 Å². The molecule has 0 unspecified atom stereocenters. The van der Waals surface area contributed by atoms with Gasteiger partial charge in [0.1, 0.15) is 4.90 Å². The van der Waals surface area contributed by atoms with E-state index in [1.54, 1.807) is 11.0 Å². The summed E-state index contributed by atoms with van der Waals surface area (Å²) < 4.78 is 53.4. The van der Waals surface area contributed by atoms with Crippen molar-refractivity contribution in [1.82, 2.24) is 19.1 Å². The Labute approximate surface area is 190 Å². The van der Waals surface area contributed by atoms with Crippen LogP contribution in [-0.2, 0) is 14.8 Å². The monoisotopic (exact) mass is 478 g/mol. The van der Waals surface area contributed by atoms with Crippen molar-refractivity contribution in [2.75, 3.05) is 39.3 Å². The molecule has 1 aromatic carbocycles. The van der Waals surface area contributed by atoms with Crippen molar-refractivity contribution >= 4 is 21.8 Å². The summed E-state index contributed by atoms with van der Waals surface area (Å²) in [6, 6.07) is 6.11. The minimum absolute atomic E-state index is 0.0478. The van der Waals surface area contributed by atoms with E-state index in [-0.39, 0.29) is 48.5 Å². The molecule has 176 valence electrons. The fraction of sp³-hybridized carbons (Fsp3) is 0.409. The van der Waals surface area contributed by atoms with Crippen LogP contribution in [-0.4, -0.2) is 78.6 Å². The number of hydrogen-bond acceptors (Lipinski definition) is 5. The fourth-order valence-electron chi connectivity index (χ4n) is 4.19.